The molecule has 2 aliphatic rings. The third-order valence-electron chi connectivity index (χ3n) is 5.91. The third-order valence-corrected chi connectivity index (χ3v) is 6.21. The molecule has 1 fully saturated rings. The van der Waals surface area contributed by atoms with E-state index in [1.807, 2.05) is 25.1 Å². The Hall–Kier alpha value is -1.42. The van der Waals surface area contributed by atoms with Gasteiger partial charge in [0.25, 0.3) is 0 Å². The molecule has 3 rings (SSSR count). The summed E-state index contributed by atoms with van der Waals surface area (Å²) in [5.41, 5.74) is -0.0475. The molecule has 25 heavy (non-hydrogen) atoms. The van der Waals surface area contributed by atoms with E-state index in [0.29, 0.717) is 17.2 Å². The maximum atomic E-state index is 13.9. The Kier molecular flexibility index (Phi) is 4.69. The fourth-order valence-electron chi connectivity index (χ4n) is 4.65. The number of rotatable bonds is 2. The lowest BCUT2D eigenvalue weighted by atomic mass is 9.56. The number of halogens is 4. The van der Waals surface area contributed by atoms with Crippen molar-refractivity contribution < 1.29 is 17.9 Å². The Morgan fingerprint density at radius 2 is 2.00 bits per heavy atom. The first-order valence-corrected chi connectivity index (χ1v) is 8.86. The van der Waals surface area contributed by atoms with Crippen LogP contribution < -0.4 is 4.74 Å². The molecule has 0 amide bonds. The van der Waals surface area contributed by atoms with Gasteiger partial charge >= 0.3 is 6.18 Å². The van der Waals surface area contributed by atoms with E-state index >= 15 is 0 Å². The molecule has 1 aromatic carbocycles. The maximum absolute atomic E-state index is 13.9. The van der Waals surface area contributed by atoms with Crippen molar-refractivity contribution in [1.29, 1.82) is 0 Å². The number of hydrogen-bond donors (Lipinski definition) is 0. The lowest BCUT2D eigenvalue weighted by molar-refractivity contribution is -0.220. The summed E-state index contributed by atoms with van der Waals surface area (Å²) in [6.07, 6.45) is 1.90. The smallest absolute Gasteiger partial charge is 0.398 e. The van der Waals surface area contributed by atoms with Crippen molar-refractivity contribution in [1.82, 2.24) is 0 Å². The molecule has 5 heteroatoms. The Morgan fingerprint density at radius 3 is 2.64 bits per heavy atom. The first kappa shape index (κ1) is 18.4. The number of para-hydroxylation sites is 1. The summed E-state index contributed by atoms with van der Waals surface area (Å²) in [6, 6.07) is 5.50. The molecule has 1 nitrogen and oxygen atoms in total. The monoisotopic (exact) mass is 370 g/mol. The van der Waals surface area contributed by atoms with Crippen LogP contribution in [-0.4, -0.2) is 13.3 Å². The lowest BCUT2D eigenvalue weighted by Crippen LogP contribution is -2.47. The first-order valence-electron chi connectivity index (χ1n) is 8.48. The van der Waals surface area contributed by atoms with E-state index in [9.17, 15) is 13.2 Å². The van der Waals surface area contributed by atoms with Gasteiger partial charge in [-0.2, -0.15) is 13.2 Å². The normalized spacial score (nSPS) is 32.1. The summed E-state index contributed by atoms with van der Waals surface area (Å²) in [5.74, 6) is -0.193. The predicted molar refractivity (Wildman–Crippen MR) is 94.0 cm³/mol. The number of hydrogen-bond acceptors (Lipinski definition) is 1. The Labute approximate surface area is 151 Å². The number of methoxy groups -OCH3 is 1. The van der Waals surface area contributed by atoms with Gasteiger partial charge in [0.2, 0.25) is 0 Å². The second kappa shape index (κ2) is 6.39. The van der Waals surface area contributed by atoms with Crippen LogP contribution in [0.5, 0.6) is 5.75 Å². The highest BCUT2D eigenvalue weighted by molar-refractivity contribution is 6.32. The number of alkyl halides is 3. The summed E-state index contributed by atoms with van der Waals surface area (Å²) < 4.78 is 47.1. The topological polar surface area (TPSA) is 9.23 Å². The van der Waals surface area contributed by atoms with Crippen LogP contribution in [0.4, 0.5) is 13.2 Å². The molecule has 0 heterocycles. The lowest BCUT2D eigenvalue weighted by Gasteiger charge is -2.49. The van der Waals surface area contributed by atoms with Gasteiger partial charge in [-0.15, -0.1) is 0 Å². The molecule has 1 unspecified atom stereocenters. The van der Waals surface area contributed by atoms with E-state index in [4.69, 9.17) is 16.3 Å². The number of fused-ring (bicyclic) bond motifs is 1. The molecule has 0 radical (unpaired) electrons. The SMILES string of the molecule is COc1c(Cl)cccc1[C@H]1CCC2=CC=C[C@@](C)(C(F)(F)F)C2[C@H]1C. The fraction of sp³-hybridized carbons (Fsp3) is 0.500. The van der Waals surface area contributed by atoms with Crippen molar-refractivity contribution in [2.75, 3.05) is 7.11 Å². The predicted octanol–water partition coefficient (Wildman–Crippen LogP) is 6.54. The highest BCUT2D eigenvalue weighted by Crippen LogP contribution is 2.59. The van der Waals surface area contributed by atoms with Gasteiger partial charge in [0, 0.05) is 5.92 Å². The minimum atomic E-state index is -4.29. The van der Waals surface area contributed by atoms with E-state index in [0.717, 1.165) is 17.6 Å². The molecule has 1 saturated carbocycles. The van der Waals surface area contributed by atoms with Crippen molar-refractivity contribution in [3.8, 4) is 5.75 Å². The molecule has 136 valence electrons. The van der Waals surface area contributed by atoms with Gasteiger partial charge in [-0.25, -0.2) is 0 Å². The Bertz CT molecular complexity index is 722. The van der Waals surface area contributed by atoms with Crippen LogP contribution in [0.2, 0.25) is 5.02 Å². The first-order chi connectivity index (χ1) is 11.7. The Balaban J connectivity index is 2.04. The van der Waals surface area contributed by atoms with E-state index in [1.54, 1.807) is 19.3 Å². The molecule has 1 aromatic rings. The van der Waals surface area contributed by atoms with Gasteiger partial charge < -0.3 is 4.74 Å². The van der Waals surface area contributed by atoms with Gasteiger partial charge in [-0.1, -0.05) is 54.5 Å². The molecule has 0 saturated heterocycles. The van der Waals surface area contributed by atoms with E-state index in [-0.39, 0.29) is 11.8 Å². The van der Waals surface area contributed by atoms with E-state index in [1.165, 1.54) is 13.0 Å². The van der Waals surface area contributed by atoms with Crippen molar-refractivity contribution in [3.63, 3.8) is 0 Å². The van der Waals surface area contributed by atoms with Gasteiger partial charge in [-0.05, 0) is 43.2 Å². The zero-order chi connectivity index (χ0) is 18.4. The summed E-state index contributed by atoms with van der Waals surface area (Å²) >= 11 is 6.23. The van der Waals surface area contributed by atoms with Crippen LogP contribution in [0.3, 0.4) is 0 Å². The third kappa shape index (κ3) is 2.88. The van der Waals surface area contributed by atoms with Crippen molar-refractivity contribution in [2.45, 2.75) is 38.8 Å². The van der Waals surface area contributed by atoms with Crippen LogP contribution >= 0.6 is 11.6 Å². The summed E-state index contributed by atoms with van der Waals surface area (Å²) in [6.45, 7) is 3.24. The molecule has 0 spiro atoms. The minimum Gasteiger partial charge on any atom is -0.495 e. The van der Waals surface area contributed by atoms with Crippen LogP contribution in [0.1, 0.15) is 38.2 Å². The van der Waals surface area contributed by atoms with Crippen molar-refractivity contribution in [3.05, 3.63) is 52.6 Å². The van der Waals surface area contributed by atoms with Gasteiger partial charge in [-0.3, -0.25) is 0 Å². The summed E-state index contributed by atoms with van der Waals surface area (Å²) in [7, 11) is 1.55. The van der Waals surface area contributed by atoms with Gasteiger partial charge in [0.1, 0.15) is 5.75 Å². The Morgan fingerprint density at radius 1 is 1.28 bits per heavy atom. The number of ether oxygens (including phenoxy) is 1. The van der Waals surface area contributed by atoms with E-state index in [2.05, 4.69) is 0 Å². The van der Waals surface area contributed by atoms with Crippen LogP contribution in [0.25, 0.3) is 0 Å². The second-order valence-corrected chi connectivity index (χ2v) is 7.63. The largest absolute Gasteiger partial charge is 0.495 e. The molecule has 0 N–H and O–H groups in total. The average molecular weight is 371 g/mol. The standard InChI is InChI=1S/C20H22ClF3O/c1-12-14(15-7-4-8-16(21)18(15)25-3)10-9-13-6-5-11-19(2,17(12)13)20(22,23)24/h4-8,11-12,14,17H,9-10H2,1-3H3/t12-,14-,17?,19+/m0/s1. The number of benzene rings is 1. The quantitative estimate of drug-likeness (QED) is 0.574. The fourth-order valence-corrected chi connectivity index (χ4v) is 4.91. The number of allylic oxidation sites excluding steroid dienone is 4. The summed E-state index contributed by atoms with van der Waals surface area (Å²) in [5, 5.41) is 0.496. The van der Waals surface area contributed by atoms with Gasteiger partial charge in [0.15, 0.2) is 0 Å². The molecular formula is C20H22ClF3O. The molecule has 0 aromatic heterocycles. The molecular weight excluding hydrogens is 349 g/mol. The van der Waals surface area contributed by atoms with Crippen LogP contribution in [-0.2, 0) is 0 Å². The summed E-state index contributed by atoms with van der Waals surface area (Å²) in [4.78, 5) is 0. The van der Waals surface area contributed by atoms with Crippen molar-refractivity contribution in [2.24, 2.45) is 17.3 Å². The maximum Gasteiger partial charge on any atom is 0.398 e. The average Bonchev–Trinajstić information content (AvgIpc) is 2.54. The highest BCUT2D eigenvalue weighted by Gasteiger charge is 2.58. The zero-order valence-corrected chi connectivity index (χ0v) is 15.3. The molecule has 0 aliphatic heterocycles. The molecule has 0 bridgehead atoms. The van der Waals surface area contributed by atoms with Crippen LogP contribution in [0.15, 0.2) is 42.0 Å². The van der Waals surface area contributed by atoms with Gasteiger partial charge in [0.05, 0.1) is 17.5 Å². The molecule has 2 aliphatic carbocycles. The second-order valence-electron chi connectivity index (χ2n) is 7.23. The van der Waals surface area contributed by atoms with Crippen molar-refractivity contribution >= 4 is 11.6 Å². The zero-order valence-electron chi connectivity index (χ0n) is 14.5. The van der Waals surface area contributed by atoms with Crippen LogP contribution in [0, 0.1) is 17.3 Å². The highest BCUT2D eigenvalue weighted by atomic mass is 35.5. The molecule has 4 atom stereocenters. The van der Waals surface area contributed by atoms with E-state index < -0.39 is 17.5 Å². The minimum absolute atomic E-state index is 0.0241.